The standard InChI is InChI=1S/C12H12N2/c1-2-4-11(5-3-1)6-7-12-10-13-8-9-14-12/h1-8,10,14H,9H2/b7-6+. The van der Waals surface area contributed by atoms with E-state index in [1.54, 1.807) is 0 Å². The monoisotopic (exact) mass is 184 g/mol. The van der Waals surface area contributed by atoms with E-state index in [1.165, 1.54) is 5.56 Å². The Labute approximate surface area is 83.7 Å². The van der Waals surface area contributed by atoms with Gasteiger partial charge in [0, 0.05) is 12.4 Å². The predicted octanol–water partition coefficient (Wildman–Crippen LogP) is 2.22. The molecule has 1 heterocycles. The molecule has 1 aromatic carbocycles. The SMILES string of the molecule is C1=NC=C(/C=C/c2ccccc2)NC1. The molecule has 0 atom stereocenters. The molecule has 2 rings (SSSR count). The summed E-state index contributed by atoms with van der Waals surface area (Å²) in [6.45, 7) is 0.810. The Morgan fingerprint density at radius 2 is 2.00 bits per heavy atom. The Bertz CT molecular complexity index is 375. The Balaban J connectivity index is 2.07. The number of benzene rings is 1. The molecule has 0 radical (unpaired) electrons. The van der Waals surface area contributed by atoms with Crippen LogP contribution in [0.2, 0.25) is 0 Å². The normalized spacial score (nSPS) is 15.3. The van der Waals surface area contributed by atoms with Gasteiger partial charge in [-0.25, -0.2) is 0 Å². The average molecular weight is 184 g/mol. The van der Waals surface area contributed by atoms with E-state index in [1.807, 2.05) is 36.7 Å². The fourth-order valence-corrected chi connectivity index (χ4v) is 1.25. The van der Waals surface area contributed by atoms with Gasteiger partial charge in [0.15, 0.2) is 0 Å². The van der Waals surface area contributed by atoms with Crippen molar-refractivity contribution in [2.45, 2.75) is 0 Å². The second kappa shape index (κ2) is 4.42. The van der Waals surface area contributed by atoms with Crippen molar-refractivity contribution in [2.24, 2.45) is 4.99 Å². The first-order valence-electron chi connectivity index (χ1n) is 4.64. The van der Waals surface area contributed by atoms with Crippen molar-refractivity contribution >= 4 is 12.3 Å². The van der Waals surface area contributed by atoms with Gasteiger partial charge in [0.2, 0.25) is 0 Å². The largest absolute Gasteiger partial charge is 0.379 e. The molecular weight excluding hydrogens is 172 g/mol. The number of hydrogen-bond acceptors (Lipinski definition) is 2. The van der Waals surface area contributed by atoms with Gasteiger partial charge in [-0.2, -0.15) is 0 Å². The van der Waals surface area contributed by atoms with Crippen molar-refractivity contribution in [2.75, 3.05) is 6.54 Å². The Morgan fingerprint density at radius 3 is 2.71 bits per heavy atom. The number of hydrogen-bond donors (Lipinski definition) is 1. The van der Waals surface area contributed by atoms with E-state index in [-0.39, 0.29) is 0 Å². The summed E-state index contributed by atoms with van der Waals surface area (Å²) < 4.78 is 0. The molecular formula is C12H12N2. The Kier molecular flexibility index (Phi) is 2.76. The fourth-order valence-electron chi connectivity index (χ4n) is 1.25. The molecule has 0 saturated heterocycles. The molecule has 0 spiro atoms. The highest BCUT2D eigenvalue weighted by Crippen LogP contribution is 2.04. The van der Waals surface area contributed by atoms with Gasteiger partial charge in [-0.05, 0) is 11.6 Å². The molecule has 0 amide bonds. The van der Waals surface area contributed by atoms with Crippen LogP contribution in [0.4, 0.5) is 0 Å². The van der Waals surface area contributed by atoms with E-state index in [0.29, 0.717) is 0 Å². The van der Waals surface area contributed by atoms with Crippen molar-refractivity contribution in [1.29, 1.82) is 0 Å². The highest BCUT2D eigenvalue weighted by Gasteiger charge is 1.92. The minimum atomic E-state index is 0.810. The maximum Gasteiger partial charge on any atom is 0.0529 e. The lowest BCUT2D eigenvalue weighted by molar-refractivity contribution is 0.949. The second-order valence-electron chi connectivity index (χ2n) is 3.04. The van der Waals surface area contributed by atoms with Gasteiger partial charge in [0.1, 0.15) is 0 Å². The third-order valence-electron chi connectivity index (χ3n) is 1.97. The van der Waals surface area contributed by atoms with E-state index in [9.17, 15) is 0 Å². The Hall–Kier alpha value is -1.83. The van der Waals surface area contributed by atoms with Crippen LogP contribution in [-0.2, 0) is 0 Å². The summed E-state index contributed by atoms with van der Waals surface area (Å²) in [5, 5.41) is 3.21. The molecule has 0 aliphatic carbocycles. The average Bonchev–Trinajstić information content (AvgIpc) is 2.29. The zero-order valence-electron chi connectivity index (χ0n) is 7.85. The Morgan fingerprint density at radius 1 is 1.14 bits per heavy atom. The number of aliphatic imine (C=N–C) groups is 1. The minimum Gasteiger partial charge on any atom is -0.379 e. The van der Waals surface area contributed by atoms with E-state index in [4.69, 9.17) is 0 Å². The summed E-state index contributed by atoms with van der Waals surface area (Å²) in [6, 6.07) is 10.2. The summed E-state index contributed by atoms with van der Waals surface area (Å²) in [5.74, 6) is 0. The van der Waals surface area contributed by atoms with Crippen LogP contribution in [0.15, 0.2) is 53.3 Å². The summed E-state index contributed by atoms with van der Waals surface area (Å²) in [6.07, 6.45) is 7.77. The van der Waals surface area contributed by atoms with Crippen molar-refractivity contribution in [3.05, 3.63) is 53.9 Å². The maximum absolute atomic E-state index is 4.07. The van der Waals surface area contributed by atoms with Crippen LogP contribution in [0.3, 0.4) is 0 Å². The molecule has 0 saturated carbocycles. The first kappa shape index (κ1) is 8.75. The number of nitrogens with one attached hydrogen (secondary N) is 1. The number of rotatable bonds is 2. The molecule has 1 aliphatic heterocycles. The summed E-state index contributed by atoms with van der Waals surface area (Å²) in [7, 11) is 0. The lowest BCUT2D eigenvalue weighted by Crippen LogP contribution is -2.16. The zero-order valence-corrected chi connectivity index (χ0v) is 7.85. The second-order valence-corrected chi connectivity index (χ2v) is 3.04. The molecule has 0 bridgehead atoms. The van der Waals surface area contributed by atoms with Gasteiger partial charge in [-0.1, -0.05) is 36.4 Å². The molecule has 2 heteroatoms. The van der Waals surface area contributed by atoms with E-state index in [0.717, 1.165) is 12.2 Å². The van der Waals surface area contributed by atoms with E-state index >= 15 is 0 Å². The third kappa shape index (κ3) is 2.33. The van der Waals surface area contributed by atoms with Gasteiger partial charge in [-0.15, -0.1) is 0 Å². The van der Waals surface area contributed by atoms with Crippen LogP contribution in [0, 0.1) is 0 Å². The van der Waals surface area contributed by atoms with Crippen molar-refractivity contribution < 1.29 is 0 Å². The lowest BCUT2D eigenvalue weighted by Gasteiger charge is -2.05. The smallest absolute Gasteiger partial charge is 0.0529 e. The van der Waals surface area contributed by atoms with E-state index < -0.39 is 0 Å². The number of allylic oxidation sites excluding steroid dienone is 1. The molecule has 0 fully saturated rings. The molecule has 2 nitrogen and oxygen atoms in total. The number of nitrogens with zero attached hydrogens (tertiary/aromatic N) is 1. The molecule has 70 valence electrons. The van der Waals surface area contributed by atoms with Gasteiger partial charge >= 0.3 is 0 Å². The first-order chi connectivity index (χ1) is 6.95. The van der Waals surface area contributed by atoms with Crippen LogP contribution in [-0.4, -0.2) is 12.8 Å². The van der Waals surface area contributed by atoms with Crippen LogP contribution in [0.1, 0.15) is 5.56 Å². The summed E-state index contributed by atoms with van der Waals surface area (Å²) in [5.41, 5.74) is 2.25. The molecule has 1 aliphatic rings. The fraction of sp³-hybridized carbons (Fsp3) is 0.0833. The highest BCUT2D eigenvalue weighted by atomic mass is 14.9. The zero-order chi connectivity index (χ0) is 9.64. The molecule has 1 aromatic rings. The van der Waals surface area contributed by atoms with Crippen LogP contribution >= 0.6 is 0 Å². The lowest BCUT2D eigenvalue weighted by atomic mass is 10.2. The third-order valence-corrected chi connectivity index (χ3v) is 1.97. The first-order valence-corrected chi connectivity index (χ1v) is 4.64. The topological polar surface area (TPSA) is 24.4 Å². The molecule has 0 aromatic heterocycles. The van der Waals surface area contributed by atoms with Crippen molar-refractivity contribution in [3.8, 4) is 0 Å². The van der Waals surface area contributed by atoms with Crippen molar-refractivity contribution in [1.82, 2.24) is 5.32 Å². The highest BCUT2D eigenvalue weighted by molar-refractivity contribution is 5.63. The summed E-state index contributed by atoms with van der Waals surface area (Å²) >= 11 is 0. The van der Waals surface area contributed by atoms with Gasteiger partial charge in [0.25, 0.3) is 0 Å². The van der Waals surface area contributed by atoms with Gasteiger partial charge < -0.3 is 5.32 Å². The summed E-state index contributed by atoms with van der Waals surface area (Å²) in [4.78, 5) is 4.07. The predicted molar refractivity (Wildman–Crippen MR) is 60.1 cm³/mol. The molecule has 14 heavy (non-hydrogen) atoms. The molecule has 0 unspecified atom stereocenters. The van der Waals surface area contributed by atoms with Gasteiger partial charge in [0.05, 0.1) is 12.2 Å². The van der Waals surface area contributed by atoms with Crippen LogP contribution in [0.25, 0.3) is 6.08 Å². The van der Waals surface area contributed by atoms with Crippen LogP contribution in [0.5, 0.6) is 0 Å². The molecule has 1 N–H and O–H groups in total. The minimum absolute atomic E-state index is 0.810. The van der Waals surface area contributed by atoms with Crippen molar-refractivity contribution in [3.63, 3.8) is 0 Å². The maximum atomic E-state index is 4.07. The van der Waals surface area contributed by atoms with Gasteiger partial charge in [-0.3, -0.25) is 4.99 Å². The van der Waals surface area contributed by atoms with E-state index in [2.05, 4.69) is 28.5 Å². The van der Waals surface area contributed by atoms with Crippen LogP contribution < -0.4 is 5.32 Å². The quantitative estimate of drug-likeness (QED) is 0.748.